The Morgan fingerprint density at radius 2 is 1.84 bits per heavy atom. The number of aromatic nitrogens is 3. The summed E-state index contributed by atoms with van der Waals surface area (Å²) in [5.41, 5.74) is 3.07. The Morgan fingerprint density at radius 1 is 1.06 bits per heavy atom. The number of thioether (sulfide) groups is 1. The molecule has 0 aliphatic carbocycles. The quantitative estimate of drug-likeness (QED) is 0.374. The molecule has 1 atom stereocenters. The molecule has 0 spiro atoms. The van der Waals surface area contributed by atoms with E-state index in [0.29, 0.717) is 11.7 Å². The maximum absolute atomic E-state index is 13.3. The van der Waals surface area contributed by atoms with Gasteiger partial charge < -0.3 is 9.64 Å². The van der Waals surface area contributed by atoms with E-state index in [9.17, 15) is 4.79 Å². The molecule has 0 saturated carbocycles. The maximum Gasteiger partial charge on any atom is 0.240 e. The van der Waals surface area contributed by atoms with Crippen LogP contribution in [0.5, 0.6) is 5.75 Å². The molecule has 4 aromatic rings. The summed E-state index contributed by atoms with van der Waals surface area (Å²) >= 11 is 3.02. The molecule has 1 aliphatic heterocycles. The topological polar surface area (TPSA) is 60.2 Å². The number of ether oxygens (including phenoxy) is 1. The second kappa shape index (κ2) is 8.80. The Labute approximate surface area is 194 Å². The average Bonchev–Trinajstić information content (AvgIpc) is 3.58. The molecule has 0 bridgehead atoms. The predicted octanol–water partition coefficient (Wildman–Crippen LogP) is 5.07. The van der Waals surface area contributed by atoms with Gasteiger partial charge in [-0.3, -0.25) is 9.36 Å². The summed E-state index contributed by atoms with van der Waals surface area (Å²) in [7, 11) is 1.65. The third-order valence-corrected chi connectivity index (χ3v) is 7.38. The number of carbonyl (C=O) groups excluding carboxylic acids is 1. The van der Waals surface area contributed by atoms with Crippen LogP contribution in [0.15, 0.2) is 71.2 Å². The lowest BCUT2D eigenvalue weighted by Gasteiger charge is -2.21. The minimum atomic E-state index is -0.324. The molecule has 1 aliphatic rings. The van der Waals surface area contributed by atoms with E-state index in [1.54, 1.807) is 18.4 Å². The lowest BCUT2D eigenvalue weighted by atomic mass is 10.2. The molecule has 5 rings (SSSR count). The second-order valence-electron chi connectivity index (χ2n) is 7.42. The van der Waals surface area contributed by atoms with Crippen molar-refractivity contribution in [1.29, 1.82) is 0 Å². The molecule has 8 heteroatoms. The molecule has 162 valence electrons. The molecule has 0 N–H and O–H groups in total. The number of hydrogen-bond donors (Lipinski definition) is 0. The molecule has 6 nitrogen and oxygen atoms in total. The zero-order valence-electron chi connectivity index (χ0n) is 17.8. The zero-order valence-corrected chi connectivity index (χ0v) is 19.4. The van der Waals surface area contributed by atoms with E-state index >= 15 is 0 Å². The van der Waals surface area contributed by atoms with Crippen LogP contribution in [0.1, 0.15) is 12.5 Å². The smallest absolute Gasteiger partial charge is 0.240 e. The van der Waals surface area contributed by atoms with Gasteiger partial charge in [-0.25, -0.2) is 0 Å². The van der Waals surface area contributed by atoms with Gasteiger partial charge in [0.2, 0.25) is 5.91 Å². The van der Waals surface area contributed by atoms with Crippen molar-refractivity contribution in [3.05, 3.63) is 71.6 Å². The van der Waals surface area contributed by atoms with Crippen LogP contribution in [0, 0.1) is 0 Å². The number of benzene rings is 2. The van der Waals surface area contributed by atoms with E-state index in [1.165, 1.54) is 17.3 Å². The number of rotatable bonds is 6. The Morgan fingerprint density at radius 3 is 2.62 bits per heavy atom. The fraction of sp³-hybridized carbons (Fsp3) is 0.208. The first kappa shape index (κ1) is 20.8. The van der Waals surface area contributed by atoms with Gasteiger partial charge in [0, 0.05) is 12.2 Å². The van der Waals surface area contributed by atoms with Crippen molar-refractivity contribution in [2.75, 3.05) is 18.6 Å². The van der Waals surface area contributed by atoms with E-state index < -0.39 is 0 Å². The summed E-state index contributed by atoms with van der Waals surface area (Å²) in [6, 6.07) is 19.9. The van der Waals surface area contributed by atoms with Gasteiger partial charge in [0.25, 0.3) is 0 Å². The predicted molar refractivity (Wildman–Crippen MR) is 129 cm³/mol. The minimum Gasteiger partial charge on any atom is -0.495 e. The first-order valence-corrected chi connectivity index (χ1v) is 12.1. The number of para-hydroxylation sites is 3. The van der Waals surface area contributed by atoms with Crippen molar-refractivity contribution in [2.24, 2.45) is 0 Å². The lowest BCUT2D eigenvalue weighted by molar-refractivity contribution is -0.117. The Bertz CT molecular complexity index is 1250. The van der Waals surface area contributed by atoms with Gasteiger partial charge in [-0.2, -0.15) is 0 Å². The molecule has 2 aromatic carbocycles. The third-order valence-electron chi connectivity index (χ3n) is 5.48. The molecule has 0 saturated heterocycles. The van der Waals surface area contributed by atoms with Crippen LogP contribution in [-0.2, 0) is 11.2 Å². The number of fused-ring (bicyclic) bond motifs is 1. The number of hydrogen-bond acceptors (Lipinski definition) is 6. The first-order valence-electron chi connectivity index (χ1n) is 10.4. The van der Waals surface area contributed by atoms with Crippen LogP contribution < -0.4 is 9.64 Å². The van der Waals surface area contributed by atoms with E-state index in [1.807, 2.05) is 76.4 Å². The molecule has 0 fully saturated rings. The highest BCUT2D eigenvalue weighted by Gasteiger charge is 2.30. The second-order valence-corrected chi connectivity index (χ2v) is 9.68. The largest absolute Gasteiger partial charge is 0.495 e. The van der Waals surface area contributed by atoms with Gasteiger partial charge in [-0.1, -0.05) is 48.2 Å². The van der Waals surface area contributed by atoms with Gasteiger partial charge in [-0.15, -0.1) is 21.5 Å². The lowest BCUT2D eigenvalue weighted by Crippen LogP contribution is -2.35. The molecule has 0 unspecified atom stereocenters. The SMILES string of the molecule is COc1ccccc1-n1c(S[C@H](C)C(=O)N2CCc3ccccc32)nnc1-c1cccs1. The number of anilines is 1. The summed E-state index contributed by atoms with van der Waals surface area (Å²) in [5.74, 6) is 1.53. The fourth-order valence-corrected chi connectivity index (χ4v) is 5.56. The summed E-state index contributed by atoms with van der Waals surface area (Å²) in [4.78, 5) is 16.2. The summed E-state index contributed by atoms with van der Waals surface area (Å²) in [5, 5.41) is 11.3. The number of thiophene rings is 1. The van der Waals surface area contributed by atoms with Gasteiger partial charge >= 0.3 is 0 Å². The van der Waals surface area contributed by atoms with Crippen molar-refractivity contribution in [3.63, 3.8) is 0 Å². The number of carbonyl (C=O) groups is 1. The van der Waals surface area contributed by atoms with E-state index in [4.69, 9.17) is 4.74 Å². The number of methoxy groups -OCH3 is 1. The van der Waals surface area contributed by atoms with Gasteiger partial charge in [0.05, 0.1) is 22.9 Å². The molecule has 3 heterocycles. The molecular weight excluding hydrogens is 440 g/mol. The van der Waals surface area contributed by atoms with Crippen molar-refractivity contribution in [2.45, 2.75) is 23.8 Å². The van der Waals surface area contributed by atoms with Crippen LogP contribution in [0.25, 0.3) is 16.4 Å². The average molecular weight is 463 g/mol. The normalized spacial score (nSPS) is 13.8. The number of amides is 1. The van der Waals surface area contributed by atoms with Gasteiger partial charge in [0.1, 0.15) is 5.75 Å². The van der Waals surface area contributed by atoms with E-state index in [-0.39, 0.29) is 11.2 Å². The van der Waals surface area contributed by atoms with Crippen molar-refractivity contribution in [1.82, 2.24) is 14.8 Å². The summed E-state index contributed by atoms with van der Waals surface area (Å²) in [6.45, 7) is 2.64. The van der Waals surface area contributed by atoms with Crippen molar-refractivity contribution < 1.29 is 9.53 Å². The highest BCUT2D eigenvalue weighted by Crippen LogP contribution is 2.36. The summed E-state index contributed by atoms with van der Waals surface area (Å²) < 4.78 is 7.60. The molecule has 1 amide bonds. The zero-order chi connectivity index (χ0) is 22.1. The van der Waals surface area contributed by atoms with Crippen LogP contribution in [0.4, 0.5) is 5.69 Å². The Hall–Kier alpha value is -3.10. The Balaban J connectivity index is 1.50. The minimum absolute atomic E-state index is 0.0761. The summed E-state index contributed by atoms with van der Waals surface area (Å²) in [6.07, 6.45) is 0.888. The Kier molecular flexibility index (Phi) is 5.71. The number of nitrogens with zero attached hydrogens (tertiary/aromatic N) is 4. The van der Waals surface area contributed by atoms with Crippen LogP contribution in [0.3, 0.4) is 0 Å². The molecular formula is C24H22N4O2S2. The van der Waals surface area contributed by atoms with Crippen molar-refractivity contribution >= 4 is 34.7 Å². The molecule has 2 aromatic heterocycles. The van der Waals surface area contributed by atoms with Gasteiger partial charge in [-0.05, 0) is 48.6 Å². The first-order chi connectivity index (χ1) is 15.7. The van der Waals surface area contributed by atoms with Crippen molar-refractivity contribution in [3.8, 4) is 22.1 Å². The van der Waals surface area contributed by atoms with Crippen LogP contribution in [-0.4, -0.2) is 39.6 Å². The fourth-order valence-electron chi connectivity index (χ4n) is 3.94. The van der Waals surface area contributed by atoms with E-state index in [2.05, 4.69) is 16.3 Å². The highest BCUT2D eigenvalue weighted by atomic mass is 32.2. The molecule has 0 radical (unpaired) electrons. The van der Waals surface area contributed by atoms with Gasteiger partial charge in [0.15, 0.2) is 11.0 Å². The van der Waals surface area contributed by atoms with E-state index in [0.717, 1.165) is 34.2 Å². The van der Waals surface area contributed by atoms with Crippen LogP contribution >= 0.6 is 23.1 Å². The van der Waals surface area contributed by atoms with Crippen LogP contribution in [0.2, 0.25) is 0 Å². The third kappa shape index (κ3) is 3.69. The molecule has 32 heavy (non-hydrogen) atoms. The maximum atomic E-state index is 13.3. The monoisotopic (exact) mass is 462 g/mol. The highest BCUT2D eigenvalue weighted by molar-refractivity contribution is 8.00. The standard InChI is InChI=1S/C24H22N4O2S2/c1-16(23(29)27-14-13-17-8-3-4-9-18(17)27)32-24-26-25-22(21-12-7-15-31-21)28(24)19-10-5-6-11-20(19)30-2/h3-12,15-16H,13-14H2,1-2H3/t16-/m1/s1.